The van der Waals surface area contributed by atoms with Crippen LogP contribution in [0.3, 0.4) is 0 Å². The maximum Gasteiger partial charge on any atom is 0.298 e. The molecule has 1 fully saturated rings. The van der Waals surface area contributed by atoms with Gasteiger partial charge in [0.05, 0.1) is 10.6 Å². The van der Waals surface area contributed by atoms with Gasteiger partial charge in [0, 0.05) is 25.7 Å². The molecule has 2 aromatic carbocycles. The lowest BCUT2D eigenvalue weighted by atomic mass is 10.2. The molecular weight excluding hydrogens is 519 g/mol. The van der Waals surface area contributed by atoms with Crippen LogP contribution in [0.4, 0.5) is 10.5 Å². The van der Waals surface area contributed by atoms with Crippen molar-refractivity contribution in [3.05, 3.63) is 85.0 Å². The van der Waals surface area contributed by atoms with Crippen molar-refractivity contribution in [3.8, 4) is 5.69 Å². The van der Waals surface area contributed by atoms with E-state index in [2.05, 4.69) is 51.4 Å². The normalized spacial score (nSPS) is 15.6. The summed E-state index contributed by atoms with van der Waals surface area (Å²) in [6.07, 6.45) is 1.80. The zero-order valence-electron chi connectivity index (χ0n) is 15.6. The Morgan fingerprint density at radius 1 is 0.966 bits per heavy atom. The summed E-state index contributed by atoms with van der Waals surface area (Å²) < 4.78 is 3.32. The molecule has 29 heavy (non-hydrogen) atoms. The lowest BCUT2D eigenvalue weighted by Gasteiger charge is -2.12. The first-order valence-electron chi connectivity index (χ1n) is 8.83. The van der Waals surface area contributed by atoms with Crippen molar-refractivity contribution in [1.82, 2.24) is 4.57 Å². The van der Waals surface area contributed by atoms with Gasteiger partial charge in [0.15, 0.2) is 0 Å². The van der Waals surface area contributed by atoms with E-state index in [-0.39, 0.29) is 11.1 Å². The van der Waals surface area contributed by atoms with Gasteiger partial charge in [0.25, 0.3) is 11.1 Å². The number of hydrogen-bond acceptors (Lipinski definition) is 3. The van der Waals surface area contributed by atoms with Crippen LogP contribution < -0.4 is 4.90 Å². The number of benzene rings is 2. The van der Waals surface area contributed by atoms with Gasteiger partial charge in [-0.3, -0.25) is 9.59 Å². The number of halogens is 2. The monoisotopic (exact) mass is 534 g/mol. The van der Waals surface area contributed by atoms with Crippen molar-refractivity contribution in [1.29, 1.82) is 0 Å². The summed E-state index contributed by atoms with van der Waals surface area (Å²) in [4.78, 5) is 27.0. The van der Waals surface area contributed by atoms with Gasteiger partial charge < -0.3 is 4.57 Å². The summed E-state index contributed by atoms with van der Waals surface area (Å²) in [5.41, 5.74) is 4.58. The second kappa shape index (κ2) is 8.01. The molecule has 0 unspecified atom stereocenters. The minimum Gasteiger partial charge on any atom is -0.318 e. The molecule has 0 bridgehead atoms. The fourth-order valence-electron chi connectivity index (χ4n) is 3.34. The van der Waals surface area contributed by atoms with E-state index < -0.39 is 0 Å². The number of amides is 2. The molecule has 2 heterocycles. The first-order chi connectivity index (χ1) is 13.8. The summed E-state index contributed by atoms with van der Waals surface area (Å²) >= 11 is 9.15. The van der Waals surface area contributed by atoms with Gasteiger partial charge in [-0.2, -0.15) is 0 Å². The van der Waals surface area contributed by atoms with Gasteiger partial charge in [-0.25, -0.2) is 4.90 Å². The highest BCUT2D eigenvalue weighted by atomic mass is 127. The lowest BCUT2D eigenvalue weighted by molar-refractivity contribution is -0.113. The van der Waals surface area contributed by atoms with Gasteiger partial charge >= 0.3 is 0 Å². The van der Waals surface area contributed by atoms with E-state index in [0.29, 0.717) is 15.6 Å². The minimum atomic E-state index is -0.318. The van der Waals surface area contributed by atoms with E-state index >= 15 is 0 Å². The second-order valence-electron chi connectivity index (χ2n) is 6.63. The highest BCUT2D eigenvalue weighted by Crippen LogP contribution is 2.37. The Balaban J connectivity index is 1.69. The largest absolute Gasteiger partial charge is 0.318 e. The van der Waals surface area contributed by atoms with Crippen molar-refractivity contribution < 1.29 is 9.59 Å². The van der Waals surface area contributed by atoms with Crippen molar-refractivity contribution in [2.24, 2.45) is 0 Å². The van der Waals surface area contributed by atoms with Crippen molar-refractivity contribution in [2.45, 2.75) is 13.8 Å². The summed E-state index contributed by atoms with van der Waals surface area (Å²) in [7, 11) is 0. The average molecular weight is 535 g/mol. The van der Waals surface area contributed by atoms with Gasteiger partial charge in [-0.1, -0.05) is 11.6 Å². The predicted octanol–water partition coefficient (Wildman–Crippen LogP) is 6.59. The third-order valence-corrected chi connectivity index (χ3v) is 6.56. The van der Waals surface area contributed by atoms with E-state index in [1.54, 1.807) is 30.3 Å². The third kappa shape index (κ3) is 3.89. The van der Waals surface area contributed by atoms with Gasteiger partial charge in [-0.05, 0) is 114 Å². The summed E-state index contributed by atoms with van der Waals surface area (Å²) in [6.45, 7) is 4.04. The molecular formula is C22H16ClIN2O2S. The van der Waals surface area contributed by atoms with E-state index in [4.69, 9.17) is 11.6 Å². The van der Waals surface area contributed by atoms with Crippen LogP contribution >= 0.6 is 46.0 Å². The fourth-order valence-corrected chi connectivity index (χ4v) is 4.66. The Morgan fingerprint density at radius 2 is 1.59 bits per heavy atom. The van der Waals surface area contributed by atoms with Gasteiger partial charge in [0.2, 0.25) is 0 Å². The highest BCUT2D eigenvalue weighted by molar-refractivity contribution is 14.1. The number of aryl methyl sites for hydroxylation is 1. The number of hydrogen-bond donors (Lipinski definition) is 0. The summed E-state index contributed by atoms with van der Waals surface area (Å²) in [5.74, 6) is -0.318. The van der Waals surface area contributed by atoms with E-state index in [1.165, 1.54) is 8.47 Å². The highest BCUT2D eigenvalue weighted by Gasteiger charge is 2.36. The Kier molecular flexibility index (Phi) is 5.59. The molecule has 0 saturated carbocycles. The molecule has 0 aliphatic carbocycles. The van der Waals surface area contributed by atoms with Crippen LogP contribution in [0.2, 0.25) is 5.02 Å². The standard InChI is InChI=1S/C22H16ClIN2O2S/c1-13-11-15(14(2)25(13)18-9-5-17(24)6-10-18)12-20-21(27)26(22(28)29-20)19-7-3-16(23)4-8-19/h3-12H,1-2H3/b20-12-. The van der Waals surface area contributed by atoms with Crippen LogP contribution in [0.5, 0.6) is 0 Å². The molecule has 0 spiro atoms. The number of carbonyl (C=O) groups excluding carboxylic acids is 2. The summed E-state index contributed by atoms with van der Waals surface area (Å²) in [5, 5.41) is 0.245. The van der Waals surface area contributed by atoms with Gasteiger partial charge in [-0.15, -0.1) is 0 Å². The topological polar surface area (TPSA) is 42.3 Å². The summed E-state index contributed by atoms with van der Waals surface area (Å²) in [6, 6.07) is 17.0. The first-order valence-corrected chi connectivity index (χ1v) is 11.1. The molecule has 1 aliphatic heterocycles. The molecule has 4 nitrogen and oxygen atoms in total. The van der Waals surface area contributed by atoms with Crippen LogP contribution in [0.1, 0.15) is 17.0 Å². The maximum atomic E-state index is 12.9. The van der Waals surface area contributed by atoms with Crippen molar-refractivity contribution >= 4 is 68.9 Å². The minimum absolute atomic E-state index is 0.310. The number of rotatable bonds is 3. The van der Waals surface area contributed by atoms with Crippen molar-refractivity contribution in [3.63, 3.8) is 0 Å². The molecule has 146 valence electrons. The molecule has 2 amide bonds. The zero-order valence-corrected chi connectivity index (χ0v) is 19.4. The smallest absolute Gasteiger partial charge is 0.298 e. The van der Waals surface area contributed by atoms with Crippen molar-refractivity contribution in [2.75, 3.05) is 4.90 Å². The molecule has 1 aromatic heterocycles. The molecule has 1 aliphatic rings. The number of nitrogens with zero attached hydrogens (tertiary/aromatic N) is 2. The van der Waals surface area contributed by atoms with Crippen LogP contribution in [0.25, 0.3) is 11.8 Å². The predicted molar refractivity (Wildman–Crippen MR) is 128 cm³/mol. The molecule has 0 atom stereocenters. The Hall–Kier alpha value is -2.03. The maximum absolute atomic E-state index is 12.9. The average Bonchev–Trinajstić information content (AvgIpc) is 3.12. The second-order valence-corrected chi connectivity index (χ2v) is 9.31. The van der Waals surface area contributed by atoms with Crippen LogP contribution in [0.15, 0.2) is 59.5 Å². The Morgan fingerprint density at radius 3 is 2.24 bits per heavy atom. The van der Waals surface area contributed by atoms with Crippen LogP contribution in [0, 0.1) is 17.4 Å². The van der Waals surface area contributed by atoms with Gasteiger partial charge in [0.1, 0.15) is 0 Å². The molecule has 1 saturated heterocycles. The zero-order chi connectivity index (χ0) is 20.7. The number of anilines is 1. The number of carbonyl (C=O) groups is 2. The molecule has 7 heteroatoms. The Bertz CT molecular complexity index is 1150. The van der Waals surface area contributed by atoms with E-state index in [9.17, 15) is 9.59 Å². The van der Waals surface area contributed by atoms with Crippen LogP contribution in [-0.2, 0) is 4.79 Å². The number of aromatic nitrogens is 1. The molecule has 4 rings (SSSR count). The fraction of sp³-hybridized carbons (Fsp3) is 0.0909. The number of imide groups is 1. The third-order valence-electron chi connectivity index (χ3n) is 4.72. The quantitative estimate of drug-likeness (QED) is 0.281. The molecule has 3 aromatic rings. The lowest BCUT2D eigenvalue weighted by Crippen LogP contribution is -2.27. The SMILES string of the molecule is Cc1cc(/C=C2\SC(=O)N(c3ccc(Cl)cc3)C2=O)c(C)n1-c1ccc(I)cc1. The molecule has 0 radical (unpaired) electrons. The van der Waals surface area contributed by atoms with E-state index in [1.807, 2.05) is 19.9 Å². The Labute approximate surface area is 191 Å². The van der Waals surface area contributed by atoms with Crippen LogP contribution in [-0.4, -0.2) is 15.7 Å². The molecule has 0 N–H and O–H groups in total. The number of thioether (sulfide) groups is 1. The van der Waals surface area contributed by atoms with E-state index in [0.717, 1.165) is 34.4 Å². The first kappa shape index (κ1) is 20.3.